The van der Waals surface area contributed by atoms with Crippen LogP contribution >= 0.6 is 0 Å². The zero-order valence-corrected chi connectivity index (χ0v) is 8.72. The fourth-order valence-electron chi connectivity index (χ4n) is 1.64. The summed E-state index contributed by atoms with van der Waals surface area (Å²) < 4.78 is 0. The minimum atomic E-state index is -0.0197. The SMILES string of the molecule is C=CC(C)C(c1ccccc1)N(C)O. The quantitative estimate of drug-likeness (QED) is 0.584. The Kier molecular flexibility index (Phi) is 3.86. The van der Waals surface area contributed by atoms with Gasteiger partial charge in [0.05, 0.1) is 6.04 Å². The Morgan fingerprint density at radius 3 is 2.36 bits per heavy atom. The van der Waals surface area contributed by atoms with E-state index in [1.54, 1.807) is 7.05 Å². The van der Waals surface area contributed by atoms with Gasteiger partial charge in [-0.2, -0.15) is 5.06 Å². The average molecular weight is 191 g/mol. The number of benzene rings is 1. The van der Waals surface area contributed by atoms with Crippen LogP contribution in [-0.4, -0.2) is 17.3 Å². The molecule has 1 rings (SSSR count). The molecule has 0 aliphatic heterocycles. The van der Waals surface area contributed by atoms with Crippen molar-refractivity contribution >= 4 is 0 Å². The molecule has 1 aromatic carbocycles. The molecule has 0 heterocycles. The second-order valence-corrected chi connectivity index (χ2v) is 3.52. The molecule has 2 atom stereocenters. The van der Waals surface area contributed by atoms with Crippen LogP contribution in [-0.2, 0) is 0 Å². The van der Waals surface area contributed by atoms with E-state index in [0.29, 0.717) is 0 Å². The Bertz CT molecular complexity index is 282. The standard InChI is InChI=1S/C12H17NO/c1-4-10(2)12(13(3)14)11-8-6-5-7-9-11/h4-10,12,14H,1H2,2-3H3. The zero-order valence-electron chi connectivity index (χ0n) is 8.72. The van der Waals surface area contributed by atoms with E-state index in [4.69, 9.17) is 0 Å². The van der Waals surface area contributed by atoms with Crippen LogP contribution in [0.1, 0.15) is 18.5 Å². The maximum absolute atomic E-state index is 9.55. The smallest absolute Gasteiger partial charge is 0.0656 e. The highest BCUT2D eigenvalue weighted by molar-refractivity contribution is 5.20. The van der Waals surface area contributed by atoms with Crippen LogP contribution in [0.5, 0.6) is 0 Å². The van der Waals surface area contributed by atoms with Crippen molar-refractivity contribution in [1.82, 2.24) is 5.06 Å². The van der Waals surface area contributed by atoms with Gasteiger partial charge >= 0.3 is 0 Å². The van der Waals surface area contributed by atoms with Crippen LogP contribution < -0.4 is 0 Å². The largest absolute Gasteiger partial charge is 0.314 e. The van der Waals surface area contributed by atoms with Crippen LogP contribution in [0.15, 0.2) is 43.0 Å². The molecular weight excluding hydrogens is 174 g/mol. The molecule has 0 fully saturated rings. The molecule has 0 radical (unpaired) electrons. The molecule has 0 saturated carbocycles. The Morgan fingerprint density at radius 2 is 1.93 bits per heavy atom. The molecule has 0 aliphatic rings. The third-order valence-corrected chi connectivity index (χ3v) is 2.41. The second-order valence-electron chi connectivity index (χ2n) is 3.52. The van der Waals surface area contributed by atoms with Gasteiger partial charge < -0.3 is 5.21 Å². The predicted molar refractivity (Wildman–Crippen MR) is 58.1 cm³/mol. The molecule has 0 spiro atoms. The van der Waals surface area contributed by atoms with Crippen LogP contribution in [0.2, 0.25) is 0 Å². The molecule has 0 bridgehead atoms. The zero-order chi connectivity index (χ0) is 10.6. The van der Waals surface area contributed by atoms with E-state index < -0.39 is 0 Å². The van der Waals surface area contributed by atoms with Gasteiger partial charge in [-0.1, -0.05) is 43.3 Å². The lowest BCUT2D eigenvalue weighted by Crippen LogP contribution is -2.25. The molecule has 14 heavy (non-hydrogen) atoms. The maximum Gasteiger partial charge on any atom is 0.0656 e. The first-order valence-electron chi connectivity index (χ1n) is 4.76. The summed E-state index contributed by atoms with van der Waals surface area (Å²) in [7, 11) is 1.66. The number of hydroxylamine groups is 2. The summed E-state index contributed by atoms with van der Waals surface area (Å²) in [5.41, 5.74) is 1.10. The Hall–Kier alpha value is -1.12. The van der Waals surface area contributed by atoms with Gasteiger partial charge in [0.2, 0.25) is 0 Å². The predicted octanol–water partition coefficient (Wildman–Crippen LogP) is 2.87. The summed E-state index contributed by atoms with van der Waals surface area (Å²) in [6.07, 6.45) is 1.85. The lowest BCUT2D eigenvalue weighted by Gasteiger charge is -2.26. The van der Waals surface area contributed by atoms with E-state index in [1.807, 2.05) is 43.3 Å². The van der Waals surface area contributed by atoms with Crippen LogP contribution in [0.25, 0.3) is 0 Å². The van der Waals surface area contributed by atoms with Crippen LogP contribution in [0.3, 0.4) is 0 Å². The summed E-state index contributed by atoms with van der Waals surface area (Å²) in [4.78, 5) is 0. The number of rotatable bonds is 4. The lowest BCUT2D eigenvalue weighted by molar-refractivity contribution is -0.114. The number of nitrogens with zero attached hydrogens (tertiary/aromatic N) is 1. The summed E-state index contributed by atoms with van der Waals surface area (Å²) in [5.74, 6) is 0.215. The molecular formula is C12H17NO. The Balaban J connectivity index is 2.94. The second kappa shape index (κ2) is 4.94. The van der Waals surface area contributed by atoms with Crippen molar-refractivity contribution < 1.29 is 5.21 Å². The molecule has 0 amide bonds. The Labute approximate surface area is 85.4 Å². The van der Waals surface area contributed by atoms with Crippen molar-refractivity contribution in [3.8, 4) is 0 Å². The van der Waals surface area contributed by atoms with E-state index in [1.165, 1.54) is 5.06 Å². The summed E-state index contributed by atoms with van der Waals surface area (Å²) in [6, 6.07) is 9.92. The topological polar surface area (TPSA) is 23.5 Å². The van der Waals surface area contributed by atoms with E-state index in [2.05, 4.69) is 6.58 Å². The number of hydrogen-bond donors (Lipinski definition) is 1. The third kappa shape index (κ3) is 2.44. The molecule has 2 unspecified atom stereocenters. The summed E-state index contributed by atoms with van der Waals surface area (Å²) in [5, 5.41) is 10.8. The van der Waals surface area contributed by atoms with Gasteiger partial charge in [0.15, 0.2) is 0 Å². The van der Waals surface area contributed by atoms with E-state index in [9.17, 15) is 5.21 Å². The van der Waals surface area contributed by atoms with Gasteiger partial charge in [0, 0.05) is 7.05 Å². The molecule has 76 valence electrons. The van der Waals surface area contributed by atoms with Crippen molar-refractivity contribution in [3.63, 3.8) is 0 Å². The van der Waals surface area contributed by atoms with Gasteiger partial charge in [-0.05, 0) is 11.5 Å². The lowest BCUT2D eigenvalue weighted by atomic mass is 9.94. The third-order valence-electron chi connectivity index (χ3n) is 2.41. The van der Waals surface area contributed by atoms with E-state index in [0.717, 1.165) is 5.56 Å². The fourth-order valence-corrected chi connectivity index (χ4v) is 1.64. The molecule has 1 N–H and O–H groups in total. The van der Waals surface area contributed by atoms with Crippen molar-refractivity contribution in [2.75, 3.05) is 7.05 Å². The average Bonchev–Trinajstić information content (AvgIpc) is 2.19. The molecule has 2 nitrogen and oxygen atoms in total. The molecule has 0 saturated heterocycles. The van der Waals surface area contributed by atoms with Crippen molar-refractivity contribution in [2.45, 2.75) is 13.0 Å². The van der Waals surface area contributed by atoms with Gasteiger partial charge in [0.25, 0.3) is 0 Å². The first-order valence-corrected chi connectivity index (χ1v) is 4.76. The maximum atomic E-state index is 9.55. The van der Waals surface area contributed by atoms with E-state index in [-0.39, 0.29) is 12.0 Å². The van der Waals surface area contributed by atoms with Crippen LogP contribution in [0, 0.1) is 5.92 Å². The molecule has 2 heteroatoms. The van der Waals surface area contributed by atoms with Gasteiger partial charge in [0.1, 0.15) is 0 Å². The minimum Gasteiger partial charge on any atom is -0.314 e. The van der Waals surface area contributed by atoms with Gasteiger partial charge in [-0.3, -0.25) is 0 Å². The highest BCUT2D eigenvalue weighted by Crippen LogP contribution is 2.26. The van der Waals surface area contributed by atoms with Crippen molar-refractivity contribution in [2.24, 2.45) is 5.92 Å². The number of hydrogen-bond acceptors (Lipinski definition) is 2. The monoisotopic (exact) mass is 191 g/mol. The van der Waals surface area contributed by atoms with Crippen LogP contribution in [0.4, 0.5) is 0 Å². The highest BCUT2D eigenvalue weighted by Gasteiger charge is 2.19. The first kappa shape index (κ1) is 11.0. The molecule has 1 aromatic rings. The van der Waals surface area contributed by atoms with Crippen molar-refractivity contribution in [1.29, 1.82) is 0 Å². The van der Waals surface area contributed by atoms with Crippen molar-refractivity contribution in [3.05, 3.63) is 48.6 Å². The van der Waals surface area contributed by atoms with E-state index >= 15 is 0 Å². The van der Waals surface area contributed by atoms with Gasteiger partial charge in [-0.25, -0.2) is 0 Å². The summed E-state index contributed by atoms with van der Waals surface area (Å²) >= 11 is 0. The fraction of sp³-hybridized carbons (Fsp3) is 0.333. The molecule has 0 aromatic heterocycles. The summed E-state index contributed by atoms with van der Waals surface area (Å²) in [6.45, 7) is 5.79. The molecule has 0 aliphatic carbocycles. The van der Waals surface area contributed by atoms with Gasteiger partial charge in [-0.15, -0.1) is 6.58 Å². The normalized spacial score (nSPS) is 15.1. The highest BCUT2D eigenvalue weighted by atomic mass is 16.5. The first-order chi connectivity index (χ1) is 6.66. The minimum absolute atomic E-state index is 0.0197. The Morgan fingerprint density at radius 1 is 1.36 bits per heavy atom.